The van der Waals surface area contributed by atoms with Crippen molar-refractivity contribution in [3.63, 3.8) is 0 Å². The number of anilines is 1. The smallest absolute Gasteiger partial charge is 0.202 e. The molecule has 0 radical (unpaired) electrons. The van der Waals surface area contributed by atoms with E-state index >= 15 is 0 Å². The normalized spacial score (nSPS) is 15.6. The summed E-state index contributed by atoms with van der Waals surface area (Å²) >= 11 is 0. The fourth-order valence-corrected chi connectivity index (χ4v) is 1.33. The van der Waals surface area contributed by atoms with Gasteiger partial charge in [0, 0.05) is 17.8 Å². The number of carbonyl (C=O) groups is 2. The Morgan fingerprint density at radius 2 is 1.94 bits per heavy atom. The first kappa shape index (κ1) is 10.3. The number of hydrogen-bond acceptors (Lipinski definition) is 4. The molecule has 80 valence electrons. The Kier molecular flexibility index (Phi) is 2.64. The fraction of sp³-hybridized carbons (Fsp3) is 0.0833. The van der Waals surface area contributed by atoms with Gasteiger partial charge in [-0.25, -0.2) is 4.98 Å². The van der Waals surface area contributed by atoms with Gasteiger partial charge in [-0.1, -0.05) is 6.07 Å². The summed E-state index contributed by atoms with van der Waals surface area (Å²) in [6, 6.07) is 5.30. The van der Waals surface area contributed by atoms with Crippen molar-refractivity contribution in [2.75, 3.05) is 5.32 Å². The Bertz CT molecular complexity index is 501. The standard InChI is InChI=1S/C12H10N2O2/c1-8-6-11(16)9(7-10(8)15)14-12-4-2-3-5-13-12/h2-7H,1H3,(H,13,14). The van der Waals surface area contributed by atoms with Gasteiger partial charge in [-0.05, 0) is 25.1 Å². The van der Waals surface area contributed by atoms with Crippen LogP contribution in [0.2, 0.25) is 0 Å². The summed E-state index contributed by atoms with van der Waals surface area (Å²) in [5.74, 6) is 0.184. The van der Waals surface area contributed by atoms with Crippen LogP contribution in [0.15, 0.2) is 47.8 Å². The first-order valence-electron chi connectivity index (χ1n) is 4.83. The second-order valence-electron chi connectivity index (χ2n) is 3.45. The molecule has 0 saturated carbocycles. The third-order valence-electron chi connectivity index (χ3n) is 2.20. The van der Waals surface area contributed by atoms with Crippen LogP contribution >= 0.6 is 0 Å². The molecular formula is C12H10N2O2. The van der Waals surface area contributed by atoms with E-state index in [-0.39, 0.29) is 17.3 Å². The summed E-state index contributed by atoms with van der Waals surface area (Å²) in [6.45, 7) is 1.62. The topological polar surface area (TPSA) is 59.1 Å². The van der Waals surface area contributed by atoms with Gasteiger partial charge in [0.2, 0.25) is 5.78 Å². The molecule has 1 aromatic heterocycles. The van der Waals surface area contributed by atoms with Crippen LogP contribution in [-0.4, -0.2) is 16.6 Å². The van der Waals surface area contributed by atoms with E-state index in [1.54, 1.807) is 31.3 Å². The summed E-state index contributed by atoms with van der Waals surface area (Å²) in [6.07, 6.45) is 4.24. The van der Waals surface area contributed by atoms with Crippen molar-refractivity contribution in [3.05, 3.63) is 47.8 Å². The van der Waals surface area contributed by atoms with E-state index in [1.807, 2.05) is 0 Å². The second-order valence-corrected chi connectivity index (χ2v) is 3.45. The largest absolute Gasteiger partial charge is 0.337 e. The molecule has 1 N–H and O–H groups in total. The van der Waals surface area contributed by atoms with Crippen molar-refractivity contribution >= 4 is 17.4 Å². The zero-order chi connectivity index (χ0) is 11.5. The Hall–Kier alpha value is -2.23. The lowest BCUT2D eigenvalue weighted by Crippen LogP contribution is -2.17. The molecule has 4 heteroatoms. The maximum absolute atomic E-state index is 11.6. The lowest BCUT2D eigenvalue weighted by atomic mass is 10.0. The molecule has 4 nitrogen and oxygen atoms in total. The molecule has 0 aliphatic heterocycles. The molecule has 16 heavy (non-hydrogen) atoms. The molecule has 0 amide bonds. The van der Waals surface area contributed by atoms with Crippen molar-refractivity contribution in [2.45, 2.75) is 6.92 Å². The Morgan fingerprint density at radius 3 is 2.62 bits per heavy atom. The van der Waals surface area contributed by atoms with Crippen LogP contribution in [0.1, 0.15) is 6.92 Å². The van der Waals surface area contributed by atoms with Crippen LogP contribution in [-0.2, 0) is 9.59 Å². The van der Waals surface area contributed by atoms with Crippen LogP contribution in [0.5, 0.6) is 0 Å². The van der Waals surface area contributed by atoms with Crippen LogP contribution < -0.4 is 5.32 Å². The van der Waals surface area contributed by atoms with Gasteiger partial charge in [0.15, 0.2) is 5.78 Å². The molecule has 0 atom stereocenters. The number of rotatable bonds is 2. The molecule has 1 heterocycles. The van der Waals surface area contributed by atoms with Crippen LogP contribution in [0.4, 0.5) is 5.82 Å². The molecule has 0 bridgehead atoms. The SMILES string of the molecule is CC1=CC(=O)C(Nc2ccccn2)=CC1=O. The third-order valence-corrected chi connectivity index (χ3v) is 2.20. The lowest BCUT2D eigenvalue weighted by Gasteiger charge is -2.11. The Labute approximate surface area is 92.7 Å². The number of nitrogens with one attached hydrogen (secondary N) is 1. The molecule has 1 aliphatic rings. The molecular weight excluding hydrogens is 204 g/mol. The van der Waals surface area contributed by atoms with Crippen molar-refractivity contribution in [1.82, 2.24) is 4.98 Å². The predicted octanol–water partition coefficient (Wildman–Crippen LogP) is 1.48. The number of nitrogens with zero attached hydrogens (tertiary/aromatic N) is 1. The minimum absolute atomic E-state index is 0.155. The summed E-state index contributed by atoms with van der Waals surface area (Å²) in [7, 11) is 0. The molecule has 1 aliphatic carbocycles. The molecule has 0 unspecified atom stereocenters. The van der Waals surface area contributed by atoms with Crippen molar-refractivity contribution in [2.24, 2.45) is 0 Å². The molecule has 0 spiro atoms. The van der Waals surface area contributed by atoms with Crippen molar-refractivity contribution < 1.29 is 9.59 Å². The number of allylic oxidation sites excluding steroid dienone is 3. The predicted molar refractivity (Wildman–Crippen MR) is 59.7 cm³/mol. The van der Waals surface area contributed by atoms with E-state index in [2.05, 4.69) is 10.3 Å². The van der Waals surface area contributed by atoms with Crippen LogP contribution in [0.25, 0.3) is 0 Å². The number of aromatic nitrogens is 1. The molecule has 2 rings (SSSR count). The highest BCUT2D eigenvalue weighted by atomic mass is 16.1. The summed E-state index contributed by atoms with van der Waals surface area (Å²) in [5, 5.41) is 2.82. The van der Waals surface area contributed by atoms with E-state index < -0.39 is 0 Å². The van der Waals surface area contributed by atoms with E-state index in [0.717, 1.165) is 0 Å². The third kappa shape index (κ3) is 2.06. The summed E-state index contributed by atoms with van der Waals surface area (Å²) in [4.78, 5) is 27.0. The Balaban J connectivity index is 2.21. The monoisotopic (exact) mass is 214 g/mol. The highest BCUT2D eigenvalue weighted by molar-refractivity contribution is 6.20. The number of ketones is 2. The summed E-state index contributed by atoms with van der Waals surface area (Å²) in [5.41, 5.74) is 0.714. The molecule has 0 saturated heterocycles. The second kappa shape index (κ2) is 4.10. The van der Waals surface area contributed by atoms with Gasteiger partial charge in [0.1, 0.15) is 5.82 Å². The van der Waals surface area contributed by atoms with Gasteiger partial charge in [-0.15, -0.1) is 0 Å². The van der Waals surface area contributed by atoms with Gasteiger partial charge < -0.3 is 5.32 Å². The van der Waals surface area contributed by atoms with E-state index in [0.29, 0.717) is 11.4 Å². The van der Waals surface area contributed by atoms with Gasteiger partial charge >= 0.3 is 0 Å². The molecule has 0 fully saturated rings. The highest BCUT2D eigenvalue weighted by Gasteiger charge is 2.17. The quantitative estimate of drug-likeness (QED) is 0.757. The molecule has 0 aromatic carbocycles. The number of pyridine rings is 1. The van der Waals surface area contributed by atoms with Crippen LogP contribution in [0, 0.1) is 0 Å². The average molecular weight is 214 g/mol. The zero-order valence-corrected chi connectivity index (χ0v) is 8.73. The van der Waals surface area contributed by atoms with Gasteiger partial charge in [-0.2, -0.15) is 0 Å². The average Bonchev–Trinajstić information content (AvgIpc) is 2.27. The first-order valence-corrected chi connectivity index (χ1v) is 4.83. The fourth-order valence-electron chi connectivity index (χ4n) is 1.33. The van der Waals surface area contributed by atoms with E-state index in [9.17, 15) is 9.59 Å². The van der Waals surface area contributed by atoms with Gasteiger partial charge in [-0.3, -0.25) is 9.59 Å². The van der Waals surface area contributed by atoms with E-state index in [1.165, 1.54) is 12.2 Å². The van der Waals surface area contributed by atoms with Crippen molar-refractivity contribution in [3.8, 4) is 0 Å². The van der Waals surface area contributed by atoms with Gasteiger partial charge in [0.05, 0.1) is 5.70 Å². The lowest BCUT2D eigenvalue weighted by molar-refractivity contribution is -0.115. The molecule has 1 aromatic rings. The minimum Gasteiger partial charge on any atom is -0.337 e. The minimum atomic E-state index is -0.206. The van der Waals surface area contributed by atoms with Crippen molar-refractivity contribution in [1.29, 1.82) is 0 Å². The Morgan fingerprint density at radius 1 is 1.12 bits per heavy atom. The number of hydrogen-bond donors (Lipinski definition) is 1. The zero-order valence-electron chi connectivity index (χ0n) is 8.73. The first-order chi connectivity index (χ1) is 7.66. The van der Waals surface area contributed by atoms with Crippen LogP contribution in [0.3, 0.4) is 0 Å². The summed E-state index contributed by atoms with van der Waals surface area (Å²) < 4.78 is 0. The highest BCUT2D eigenvalue weighted by Crippen LogP contribution is 2.13. The maximum atomic E-state index is 11.6. The number of carbonyl (C=O) groups excluding carboxylic acids is 2. The van der Waals surface area contributed by atoms with E-state index in [4.69, 9.17) is 0 Å². The van der Waals surface area contributed by atoms with Gasteiger partial charge in [0.25, 0.3) is 0 Å². The maximum Gasteiger partial charge on any atom is 0.202 e.